The standard InChI is InChI=1S/C11H19N3OS/c1-7(2)14-11(15)8(3)12-5-10-6-13-9(4)16-10/h6-8,12H,5H2,1-4H3,(H,14,15). The number of carbonyl (C=O) groups excluding carboxylic acids is 1. The molecule has 0 saturated heterocycles. The fourth-order valence-corrected chi connectivity index (χ4v) is 1.99. The van der Waals surface area contributed by atoms with Crippen LogP contribution in [0.3, 0.4) is 0 Å². The minimum absolute atomic E-state index is 0.0382. The molecule has 1 amide bonds. The average Bonchev–Trinajstić information content (AvgIpc) is 2.59. The van der Waals surface area contributed by atoms with E-state index >= 15 is 0 Å². The molecule has 0 fully saturated rings. The Labute approximate surface area is 100 Å². The molecule has 90 valence electrons. The highest BCUT2D eigenvalue weighted by Crippen LogP contribution is 2.10. The molecule has 0 aliphatic rings. The first-order valence-electron chi connectivity index (χ1n) is 5.44. The summed E-state index contributed by atoms with van der Waals surface area (Å²) in [5.74, 6) is 0.0382. The molecule has 0 aliphatic heterocycles. The zero-order valence-corrected chi connectivity index (χ0v) is 11.0. The first-order chi connectivity index (χ1) is 7.49. The van der Waals surface area contributed by atoms with E-state index in [0.29, 0.717) is 6.54 Å². The largest absolute Gasteiger partial charge is 0.353 e. The first kappa shape index (κ1) is 13.1. The van der Waals surface area contributed by atoms with E-state index in [1.165, 1.54) is 0 Å². The van der Waals surface area contributed by atoms with Crippen molar-refractivity contribution in [2.24, 2.45) is 0 Å². The van der Waals surface area contributed by atoms with Gasteiger partial charge in [0, 0.05) is 23.7 Å². The first-order valence-corrected chi connectivity index (χ1v) is 6.25. The lowest BCUT2D eigenvalue weighted by Crippen LogP contribution is -2.44. The van der Waals surface area contributed by atoms with Gasteiger partial charge in [0.1, 0.15) is 0 Å². The molecule has 0 aromatic carbocycles. The minimum atomic E-state index is -0.176. The van der Waals surface area contributed by atoms with Crippen LogP contribution in [0.5, 0.6) is 0 Å². The van der Waals surface area contributed by atoms with E-state index in [-0.39, 0.29) is 18.0 Å². The van der Waals surface area contributed by atoms with Gasteiger partial charge in [-0.1, -0.05) is 0 Å². The summed E-state index contributed by atoms with van der Waals surface area (Å²) >= 11 is 1.65. The Bertz CT molecular complexity index is 349. The highest BCUT2D eigenvalue weighted by molar-refractivity contribution is 7.11. The maximum Gasteiger partial charge on any atom is 0.237 e. The van der Waals surface area contributed by atoms with Crippen LogP contribution in [0.2, 0.25) is 0 Å². The van der Waals surface area contributed by atoms with Crippen LogP contribution in [-0.2, 0) is 11.3 Å². The summed E-state index contributed by atoms with van der Waals surface area (Å²) in [4.78, 5) is 16.9. The number of thiazole rings is 1. The van der Waals surface area contributed by atoms with E-state index in [1.54, 1.807) is 11.3 Å². The van der Waals surface area contributed by atoms with Gasteiger partial charge in [0.15, 0.2) is 0 Å². The monoisotopic (exact) mass is 241 g/mol. The zero-order chi connectivity index (χ0) is 12.1. The minimum Gasteiger partial charge on any atom is -0.353 e. The van der Waals surface area contributed by atoms with Crippen molar-refractivity contribution in [1.29, 1.82) is 0 Å². The molecule has 2 N–H and O–H groups in total. The molecule has 0 radical (unpaired) electrons. The molecule has 0 spiro atoms. The van der Waals surface area contributed by atoms with Gasteiger partial charge in [-0.25, -0.2) is 4.98 Å². The second kappa shape index (κ2) is 5.96. The summed E-state index contributed by atoms with van der Waals surface area (Å²) in [5, 5.41) is 7.10. The van der Waals surface area contributed by atoms with Crippen molar-refractivity contribution < 1.29 is 4.79 Å². The van der Waals surface area contributed by atoms with E-state index in [1.807, 2.05) is 33.9 Å². The molecule has 1 aromatic rings. The SMILES string of the molecule is Cc1ncc(CNC(C)C(=O)NC(C)C)s1. The molecule has 1 aromatic heterocycles. The lowest BCUT2D eigenvalue weighted by Gasteiger charge is -2.15. The van der Waals surface area contributed by atoms with Gasteiger partial charge in [-0.15, -0.1) is 11.3 Å². The molecular weight excluding hydrogens is 222 g/mol. The number of aromatic nitrogens is 1. The second-order valence-corrected chi connectivity index (χ2v) is 5.43. The molecule has 0 saturated carbocycles. The number of nitrogens with one attached hydrogen (secondary N) is 2. The van der Waals surface area contributed by atoms with Gasteiger partial charge in [-0.05, 0) is 27.7 Å². The molecule has 0 bridgehead atoms. The van der Waals surface area contributed by atoms with Crippen LogP contribution in [-0.4, -0.2) is 23.0 Å². The third kappa shape index (κ3) is 4.28. The summed E-state index contributed by atoms with van der Waals surface area (Å²) in [7, 11) is 0. The van der Waals surface area contributed by atoms with Crippen molar-refractivity contribution in [2.75, 3.05) is 0 Å². The lowest BCUT2D eigenvalue weighted by molar-refractivity contribution is -0.123. The van der Waals surface area contributed by atoms with Crippen molar-refractivity contribution in [2.45, 2.75) is 46.3 Å². The van der Waals surface area contributed by atoms with Crippen molar-refractivity contribution in [3.05, 3.63) is 16.1 Å². The van der Waals surface area contributed by atoms with Gasteiger partial charge < -0.3 is 10.6 Å². The van der Waals surface area contributed by atoms with Crippen molar-refractivity contribution >= 4 is 17.2 Å². The summed E-state index contributed by atoms with van der Waals surface area (Å²) < 4.78 is 0. The predicted molar refractivity (Wildman–Crippen MR) is 66.4 cm³/mol. The van der Waals surface area contributed by atoms with E-state index in [9.17, 15) is 4.79 Å². The van der Waals surface area contributed by atoms with Crippen LogP contribution in [0.15, 0.2) is 6.20 Å². The van der Waals surface area contributed by atoms with Gasteiger partial charge in [-0.2, -0.15) is 0 Å². The number of hydrogen-bond acceptors (Lipinski definition) is 4. The fourth-order valence-electron chi connectivity index (χ4n) is 1.24. The van der Waals surface area contributed by atoms with Crippen molar-refractivity contribution in [3.8, 4) is 0 Å². The topological polar surface area (TPSA) is 54.0 Å². The third-order valence-corrected chi connectivity index (χ3v) is 2.99. The smallest absolute Gasteiger partial charge is 0.237 e. The van der Waals surface area contributed by atoms with Gasteiger partial charge in [0.25, 0.3) is 0 Å². The number of hydrogen-bond donors (Lipinski definition) is 2. The Morgan fingerprint density at radius 1 is 1.50 bits per heavy atom. The predicted octanol–water partition coefficient (Wildman–Crippen LogP) is 1.45. The third-order valence-electron chi connectivity index (χ3n) is 2.08. The summed E-state index contributed by atoms with van der Waals surface area (Å²) in [6.07, 6.45) is 1.85. The maximum absolute atomic E-state index is 11.6. The number of aryl methyl sites for hydroxylation is 1. The summed E-state index contributed by atoms with van der Waals surface area (Å²) in [6, 6.07) is 0.00667. The Kier molecular flexibility index (Phi) is 4.89. The van der Waals surface area contributed by atoms with Crippen LogP contribution < -0.4 is 10.6 Å². The van der Waals surface area contributed by atoms with E-state index < -0.39 is 0 Å². The molecule has 1 rings (SSSR count). The van der Waals surface area contributed by atoms with Gasteiger partial charge in [-0.3, -0.25) is 4.79 Å². The number of rotatable bonds is 5. The van der Waals surface area contributed by atoms with Crippen LogP contribution in [0.4, 0.5) is 0 Å². The molecular formula is C11H19N3OS. The Morgan fingerprint density at radius 2 is 2.19 bits per heavy atom. The number of carbonyl (C=O) groups is 1. The van der Waals surface area contributed by atoms with E-state index in [2.05, 4.69) is 15.6 Å². The Morgan fingerprint density at radius 3 is 2.69 bits per heavy atom. The average molecular weight is 241 g/mol. The van der Waals surface area contributed by atoms with Crippen LogP contribution in [0.1, 0.15) is 30.7 Å². The molecule has 0 aliphatic carbocycles. The molecule has 1 unspecified atom stereocenters. The highest BCUT2D eigenvalue weighted by atomic mass is 32.1. The Hall–Kier alpha value is -0.940. The summed E-state index contributed by atoms with van der Waals surface area (Å²) in [6.45, 7) is 8.45. The quantitative estimate of drug-likeness (QED) is 0.820. The second-order valence-electron chi connectivity index (χ2n) is 4.11. The lowest BCUT2D eigenvalue weighted by atomic mass is 10.3. The van der Waals surface area contributed by atoms with Crippen molar-refractivity contribution in [3.63, 3.8) is 0 Å². The van der Waals surface area contributed by atoms with E-state index in [0.717, 1.165) is 9.88 Å². The van der Waals surface area contributed by atoms with Gasteiger partial charge in [0.2, 0.25) is 5.91 Å². The molecule has 1 heterocycles. The molecule has 1 atom stereocenters. The molecule has 4 nitrogen and oxygen atoms in total. The number of nitrogens with zero attached hydrogens (tertiary/aromatic N) is 1. The normalized spacial score (nSPS) is 12.8. The maximum atomic E-state index is 11.6. The Balaban J connectivity index is 2.34. The van der Waals surface area contributed by atoms with Crippen LogP contribution in [0.25, 0.3) is 0 Å². The zero-order valence-electron chi connectivity index (χ0n) is 10.2. The van der Waals surface area contributed by atoms with Crippen LogP contribution >= 0.6 is 11.3 Å². The van der Waals surface area contributed by atoms with Crippen LogP contribution in [0, 0.1) is 6.92 Å². The summed E-state index contributed by atoms with van der Waals surface area (Å²) in [5.41, 5.74) is 0. The fraction of sp³-hybridized carbons (Fsp3) is 0.636. The van der Waals surface area contributed by atoms with Crippen molar-refractivity contribution in [1.82, 2.24) is 15.6 Å². The highest BCUT2D eigenvalue weighted by Gasteiger charge is 2.12. The van der Waals surface area contributed by atoms with Gasteiger partial charge >= 0.3 is 0 Å². The van der Waals surface area contributed by atoms with Gasteiger partial charge in [0.05, 0.1) is 11.0 Å². The molecule has 5 heteroatoms. The molecule has 16 heavy (non-hydrogen) atoms. The van der Waals surface area contributed by atoms with E-state index in [4.69, 9.17) is 0 Å². The number of amides is 1.